The highest BCUT2D eigenvalue weighted by Gasteiger charge is 2.66. The van der Waals surface area contributed by atoms with Crippen molar-refractivity contribution in [2.75, 3.05) is 23.0 Å². The van der Waals surface area contributed by atoms with E-state index in [1.807, 2.05) is 97.7 Å². The molecule has 9 nitrogen and oxygen atoms in total. The van der Waals surface area contributed by atoms with E-state index in [2.05, 4.69) is 0 Å². The first-order chi connectivity index (χ1) is 24.0. The fourth-order valence-electron chi connectivity index (χ4n) is 9.12. The molecule has 7 rings (SSSR count). The highest BCUT2D eigenvalue weighted by atomic mass is 28.4. The smallest absolute Gasteiger partial charge is 0.264 e. The van der Waals surface area contributed by atoms with Gasteiger partial charge in [0.15, 0.2) is 13.9 Å². The van der Waals surface area contributed by atoms with E-state index in [4.69, 9.17) is 4.74 Å². The molecular formula is C40H49N3O6Si. The van der Waals surface area contributed by atoms with Crippen molar-refractivity contribution in [1.82, 2.24) is 4.90 Å². The van der Waals surface area contributed by atoms with Gasteiger partial charge in [0.05, 0.1) is 37.4 Å². The Morgan fingerprint density at radius 3 is 2.38 bits per heavy atom. The first-order valence-electron chi connectivity index (χ1n) is 18.2. The SMILES string of the molecule is C[C@@H]1[C@@H]([Si](C)(C)O)[C@H](CC(=O)N2Cc3ccccc3C[C@H]2CO)O[C@@]12C(=O)N(Cc1ccc(N3CCCCCCC3=O)cc1)c1ccccc12. The molecule has 4 aliphatic heterocycles. The van der Waals surface area contributed by atoms with Crippen LogP contribution in [0.25, 0.3) is 0 Å². The van der Waals surface area contributed by atoms with Gasteiger partial charge in [-0.05, 0) is 67.2 Å². The first-order valence-corrected chi connectivity index (χ1v) is 21.2. The summed E-state index contributed by atoms with van der Waals surface area (Å²) in [4.78, 5) is 58.9. The minimum atomic E-state index is -2.97. The van der Waals surface area contributed by atoms with Crippen LogP contribution < -0.4 is 9.80 Å². The lowest BCUT2D eigenvalue weighted by Gasteiger charge is -2.37. The molecule has 2 N–H and O–H groups in total. The second-order valence-corrected chi connectivity index (χ2v) is 19.2. The Balaban J connectivity index is 1.16. The largest absolute Gasteiger partial charge is 0.432 e. The maximum absolute atomic E-state index is 14.8. The van der Waals surface area contributed by atoms with E-state index >= 15 is 0 Å². The fourth-order valence-corrected chi connectivity index (χ4v) is 11.7. The van der Waals surface area contributed by atoms with Crippen molar-refractivity contribution in [3.05, 3.63) is 95.1 Å². The van der Waals surface area contributed by atoms with Gasteiger partial charge in [0.2, 0.25) is 11.8 Å². The molecule has 10 heteroatoms. The van der Waals surface area contributed by atoms with Crippen molar-refractivity contribution >= 4 is 37.4 Å². The van der Waals surface area contributed by atoms with Crippen molar-refractivity contribution in [1.29, 1.82) is 0 Å². The van der Waals surface area contributed by atoms with Gasteiger partial charge in [-0.2, -0.15) is 0 Å². The van der Waals surface area contributed by atoms with Crippen molar-refractivity contribution in [2.24, 2.45) is 5.92 Å². The standard InChI is InChI=1S/C40H49N3O6Si/c1-27-38(50(2,3)48)35(23-37(46)42-25-30-13-8-7-12-29(30)22-32(42)26-44)49-40(27)33-14-9-10-15-34(33)43(39(40)47)24-28-17-19-31(20-18-28)41-21-11-5-4-6-16-36(41)45/h7-10,12-15,17-20,27,32,35,38,44,48H,4-6,11,16,21-26H2,1-3H3/t27-,32+,35+,38-,40+/m1/s1. The molecule has 0 aliphatic carbocycles. The monoisotopic (exact) mass is 695 g/mol. The fraction of sp³-hybridized carbons (Fsp3) is 0.475. The third-order valence-corrected chi connectivity index (χ3v) is 14.1. The number of fused-ring (bicyclic) bond motifs is 3. The molecule has 0 unspecified atom stereocenters. The summed E-state index contributed by atoms with van der Waals surface area (Å²) in [6.45, 7) is 7.01. The second kappa shape index (κ2) is 13.7. The van der Waals surface area contributed by atoms with Crippen LogP contribution in [0.2, 0.25) is 18.6 Å². The van der Waals surface area contributed by atoms with E-state index in [0.29, 0.717) is 25.9 Å². The van der Waals surface area contributed by atoms with Gasteiger partial charge < -0.3 is 29.3 Å². The summed E-state index contributed by atoms with van der Waals surface area (Å²) in [7, 11) is -2.97. The summed E-state index contributed by atoms with van der Waals surface area (Å²) in [6.07, 6.45) is 4.62. The van der Waals surface area contributed by atoms with Crippen molar-refractivity contribution < 1.29 is 29.0 Å². The summed E-state index contributed by atoms with van der Waals surface area (Å²) in [5, 5.41) is 10.3. The summed E-state index contributed by atoms with van der Waals surface area (Å²) >= 11 is 0. The van der Waals surface area contributed by atoms with Crippen LogP contribution in [0, 0.1) is 5.92 Å². The molecular weight excluding hydrogens is 647 g/mol. The number of benzene rings is 3. The lowest BCUT2D eigenvalue weighted by molar-refractivity contribution is -0.151. The Bertz CT molecular complexity index is 1760. The number of nitrogens with zero attached hydrogens (tertiary/aromatic N) is 3. The molecule has 50 heavy (non-hydrogen) atoms. The average Bonchev–Trinajstić information content (AvgIpc) is 3.52. The minimum absolute atomic E-state index is 0.0124. The normalized spacial score (nSPS) is 26.9. The Morgan fingerprint density at radius 1 is 0.940 bits per heavy atom. The van der Waals surface area contributed by atoms with Gasteiger partial charge in [0.25, 0.3) is 5.91 Å². The first kappa shape index (κ1) is 34.6. The lowest BCUT2D eigenvalue weighted by Crippen LogP contribution is -2.48. The molecule has 5 atom stereocenters. The summed E-state index contributed by atoms with van der Waals surface area (Å²) < 4.78 is 6.93. The number of aliphatic hydroxyl groups excluding tert-OH is 1. The number of anilines is 2. The molecule has 0 bridgehead atoms. The predicted octanol–water partition coefficient (Wildman–Crippen LogP) is 5.66. The molecule has 1 spiro atoms. The summed E-state index contributed by atoms with van der Waals surface area (Å²) in [5.41, 5.74) is 3.80. The van der Waals surface area contributed by atoms with Gasteiger partial charge in [0, 0.05) is 42.2 Å². The number of carbonyl (C=O) groups is 3. The van der Waals surface area contributed by atoms with Gasteiger partial charge in [-0.25, -0.2) is 0 Å². The third-order valence-electron chi connectivity index (χ3n) is 11.6. The Morgan fingerprint density at radius 2 is 1.64 bits per heavy atom. The quantitative estimate of drug-likeness (QED) is 0.309. The van der Waals surface area contributed by atoms with Crippen molar-refractivity contribution in [3.63, 3.8) is 0 Å². The molecule has 3 aromatic carbocycles. The number of amides is 3. The molecule has 0 radical (unpaired) electrons. The molecule has 2 fully saturated rings. The molecule has 2 saturated heterocycles. The number of aliphatic hydroxyl groups is 1. The van der Waals surface area contributed by atoms with E-state index in [1.54, 1.807) is 9.80 Å². The maximum atomic E-state index is 14.8. The average molecular weight is 696 g/mol. The Kier molecular flexibility index (Phi) is 9.49. The van der Waals surface area contributed by atoms with E-state index in [9.17, 15) is 24.3 Å². The Hall–Kier alpha value is -3.83. The summed E-state index contributed by atoms with van der Waals surface area (Å²) in [5.74, 6) is -0.565. The molecule has 3 amide bonds. The zero-order valence-corrected chi connectivity index (χ0v) is 30.4. The van der Waals surface area contributed by atoms with Crippen LogP contribution in [0.5, 0.6) is 0 Å². The number of carbonyl (C=O) groups excluding carboxylic acids is 3. The van der Waals surface area contributed by atoms with E-state index < -0.39 is 20.0 Å². The number of ether oxygens (including phenoxy) is 1. The molecule has 4 aliphatic rings. The van der Waals surface area contributed by atoms with E-state index in [1.165, 1.54) is 0 Å². The molecule has 0 aromatic heterocycles. The number of hydrogen-bond acceptors (Lipinski definition) is 6. The van der Waals surface area contributed by atoms with E-state index in [0.717, 1.165) is 65.9 Å². The van der Waals surface area contributed by atoms with Crippen LogP contribution >= 0.6 is 0 Å². The highest BCUT2D eigenvalue weighted by molar-refractivity contribution is 6.71. The molecule has 3 aromatic rings. The topological polar surface area (TPSA) is 111 Å². The summed E-state index contributed by atoms with van der Waals surface area (Å²) in [6, 6.07) is 23.3. The number of hydrogen-bond donors (Lipinski definition) is 2. The van der Waals surface area contributed by atoms with Crippen LogP contribution in [-0.4, -0.2) is 66.1 Å². The number of rotatable bonds is 7. The van der Waals surface area contributed by atoms with Crippen molar-refractivity contribution in [2.45, 2.75) is 101 Å². The minimum Gasteiger partial charge on any atom is -0.432 e. The number of para-hydroxylation sites is 1. The Labute approximate surface area is 296 Å². The second-order valence-electron chi connectivity index (χ2n) is 15.2. The predicted molar refractivity (Wildman–Crippen MR) is 195 cm³/mol. The van der Waals surface area contributed by atoms with Crippen LogP contribution in [-0.2, 0) is 44.2 Å². The van der Waals surface area contributed by atoms with E-state index in [-0.39, 0.29) is 48.3 Å². The zero-order valence-electron chi connectivity index (χ0n) is 29.4. The van der Waals surface area contributed by atoms with Gasteiger partial charge in [0.1, 0.15) is 0 Å². The van der Waals surface area contributed by atoms with Crippen LogP contribution in [0.1, 0.15) is 67.7 Å². The highest BCUT2D eigenvalue weighted by Crippen LogP contribution is 2.59. The lowest BCUT2D eigenvalue weighted by atomic mass is 9.82. The molecule has 4 heterocycles. The molecule has 264 valence electrons. The van der Waals surface area contributed by atoms with Gasteiger partial charge in [-0.1, -0.05) is 74.4 Å². The zero-order chi connectivity index (χ0) is 35.2. The van der Waals surface area contributed by atoms with Gasteiger partial charge >= 0.3 is 0 Å². The van der Waals surface area contributed by atoms with Crippen LogP contribution in [0.4, 0.5) is 11.4 Å². The molecule has 0 saturated carbocycles. The van der Waals surface area contributed by atoms with Crippen LogP contribution in [0.15, 0.2) is 72.8 Å². The van der Waals surface area contributed by atoms with Crippen molar-refractivity contribution in [3.8, 4) is 0 Å². The third kappa shape index (κ3) is 6.10. The van der Waals surface area contributed by atoms with Gasteiger partial charge in [-0.3, -0.25) is 14.4 Å². The van der Waals surface area contributed by atoms with Crippen LogP contribution in [0.3, 0.4) is 0 Å². The van der Waals surface area contributed by atoms with Gasteiger partial charge in [-0.15, -0.1) is 0 Å². The maximum Gasteiger partial charge on any atom is 0.264 e.